The standard InChI is InChI=1S/C26H23BrFN3O2/c1-17-7-9-19(28)16-23(17)33-26-24(25(32)30-13-11-29-12-14-30)21-10-8-18(27)15-22(21)31(26)20-5-3-2-4-6-20/h2-10,15-16,29H,11-14H2,1H3. The topological polar surface area (TPSA) is 46.5 Å². The lowest BCUT2D eigenvalue weighted by Crippen LogP contribution is -2.46. The molecule has 0 atom stereocenters. The number of halogens is 2. The first-order valence-corrected chi connectivity index (χ1v) is 11.7. The van der Waals surface area contributed by atoms with Gasteiger partial charge in [0.15, 0.2) is 0 Å². The third kappa shape index (κ3) is 4.14. The Kier molecular flexibility index (Phi) is 5.91. The molecule has 1 fully saturated rings. The summed E-state index contributed by atoms with van der Waals surface area (Å²) >= 11 is 3.57. The van der Waals surface area contributed by atoms with Crippen molar-refractivity contribution < 1.29 is 13.9 Å². The van der Waals surface area contributed by atoms with E-state index in [9.17, 15) is 9.18 Å². The smallest absolute Gasteiger partial charge is 0.260 e. The van der Waals surface area contributed by atoms with Crippen molar-refractivity contribution in [2.24, 2.45) is 0 Å². The first-order chi connectivity index (χ1) is 16.0. The SMILES string of the molecule is Cc1ccc(F)cc1Oc1c(C(=O)N2CCNCC2)c2ccc(Br)cc2n1-c1ccccc1. The molecule has 1 aromatic heterocycles. The van der Waals surface area contributed by atoms with Crippen molar-refractivity contribution in [1.82, 2.24) is 14.8 Å². The molecule has 7 heteroatoms. The molecule has 4 aromatic rings. The normalized spacial score (nSPS) is 14.0. The first kappa shape index (κ1) is 21.7. The van der Waals surface area contributed by atoms with E-state index in [-0.39, 0.29) is 5.91 Å². The van der Waals surface area contributed by atoms with Crippen LogP contribution in [0.25, 0.3) is 16.6 Å². The number of nitrogens with zero attached hydrogens (tertiary/aromatic N) is 2. The van der Waals surface area contributed by atoms with Crippen molar-refractivity contribution in [2.45, 2.75) is 6.92 Å². The second-order valence-electron chi connectivity index (χ2n) is 8.07. The van der Waals surface area contributed by atoms with Gasteiger partial charge in [0, 0.05) is 47.8 Å². The molecule has 1 aliphatic rings. The van der Waals surface area contributed by atoms with E-state index in [0.29, 0.717) is 30.3 Å². The molecule has 0 saturated carbocycles. The number of aryl methyl sites for hydroxylation is 1. The predicted molar refractivity (Wildman–Crippen MR) is 131 cm³/mol. The molecular formula is C26H23BrFN3O2. The van der Waals surface area contributed by atoms with Crippen LogP contribution in [-0.2, 0) is 0 Å². The van der Waals surface area contributed by atoms with Gasteiger partial charge in [-0.15, -0.1) is 0 Å². The van der Waals surface area contributed by atoms with Crippen LogP contribution in [0.4, 0.5) is 4.39 Å². The number of para-hydroxylation sites is 1. The van der Waals surface area contributed by atoms with Gasteiger partial charge >= 0.3 is 0 Å². The Bertz CT molecular complexity index is 1330. The zero-order chi connectivity index (χ0) is 22.9. The van der Waals surface area contributed by atoms with E-state index in [1.807, 2.05) is 64.9 Å². The third-order valence-corrected chi connectivity index (χ3v) is 6.37. The first-order valence-electron chi connectivity index (χ1n) is 10.9. The van der Waals surface area contributed by atoms with Crippen molar-refractivity contribution in [2.75, 3.05) is 26.2 Å². The predicted octanol–water partition coefficient (Wildman–Crippen LogP) is 5.68. The highest BCUT2D eigenvalue weighted by molar-refractivity contribution is 9.10. The summed E-state index contributed by atoms with van der Waals surface area (Å²) in [6.45, 7) is 4.58. The minimum Gasteiger partial charge on any atom is -0.439 e. The van der Waals surface area contributed by atoms with E-state index in [4.69, 9.17) is 4.74 Å². The monoisotopic (exact) mass is 507 g/mol. The molecule has 1 saturated heterocycles. The number of ether oxygens (including phenoxy) is 1. The van der Waals surface area contributed by atoms with Gasteiger partial charge < -0.3 is 15.0 Å². The fourth-order valence-electron chi connectivity index (χ4n) is 4.19. The van der Waals surface area contributed by atoms with E-state index in [1.165, 1.54) is 12.1 Å². The van der Waals surface area contributed by atoms with Crippen LogP contribution in [-0.4, -0.2) is 41.6 Å². The van der Waals surface area contributed by atoms with Crippen molar-refractivity contribution >= 4 is 32.7 Å². The Labute approximate surface area is 199 Å². The number of benzene rings is 3. The number of aromatic nitrogens is 1. The summed E-state index contributed by atoms with van der Waals surface area (Å²) in [5.74, 6) is 0.271. The summed E-state index contributed by atoms with van der Waals surface area (Å²) < 4.78 is 23.3. The molecular weight excluding hydrogens is 485 g/mol. The highest BCUT2D eigenvalue weighted by Gasteiger charge is 2.30. The molecule has 2 heterocycles. The summed E-state index contributed by atoms with van der Waals surface area (Å²) in [7, 11) is 0. The molecule has 0 aliphatic carbocycles. The second kappa shape index (κ2) is 9.00. The summed E-state index contributed by atoms with van der Waals surface area (Å²) in [5, 5.41) is 4.07. The number of carbonyl (C=O) groups excluding carboxylic acids is 1. The maximum absolute atomic E-state index is 14.1. The zero-order valence-electron chi connectivity index (χ0n) is 18.1. The van der Waals surface area contributed by atoms with Crippen LogP contribution >= 0.6 is 15.9 Å². The van der Waals surface area contributed by atoms with Gasteiger partial charge in [-0.1, -0.05) is 46.3 Å². The van der Waals surface area contributed by atoms with Crippen LogP contribution in [0.2, 0.25) is 0 Å². The molecule has 0 radical (unpaired) electrons. The number of piperazine rings is 1. The zero-order valence-corrected chi connectivity index (χ0v) is 19.7. The third-order valence-electron chi connectivity index (χ3n) is 5.88. The van der Waals surface area contributed by atoms with Gasteiger partial charge in [0.05, 0.1) is 5.52 Å². The molecule has 5 nitrogen and oxygen atoms in total. The maximum atomic E-state index is 14.1. The van der Waals surface area contributed by atoms with Gasteiger partial charge in [-0.05, 0) is 42.8 Å². The average Bonchev–Trinajstić information content (AvgIpc) is 3.14. The van der Waals surface area contributed by atoms with Gasteiger partial charge in [0.1, 0.15) is 17.1 Å². The van der Waals surface area contributed by atoms with E-state index in [2.05, 4.69) is 21.2 Å². The Morgan fingerprint density at radius 3 is 2.55 bits per heavy atom. The van der Waals surface area contributed by atoms with E-state index in [1.54, 1.807) is 6.07 Å². The van der Waals surface area contributed by atoms with Crippen LogP contribution in [0, 0.1) is 12.7 Å². The van der Waals surface area contributed by atoms with Crippen LogP contribution in [0.1, 0.15) is 15.9 Å². The molecule has 0 spiro atoms. The second-order valence-corrected chi connectivity index (χ2v) is 8.98. The van der Waals surface area contributed by atoms with Crippen molar-refractivity contribution in [3.63, 3.8) is 0 Å². The van der Waals surface area contributed by atoms with Crippen LogP contribution in [0.5, 0.6) is 11.6 Å². The van der Waals surface area contributed by atoms with Gasteiger partial charge in [0.25, 0.3) is 5.91 Å². The molecule has 168 valence electrons. The lowest BCUT2D eigenvalue weighted by molar-refractivity contribution is 0.0735. The summed E-state index contributed by atoms with van der Waals surface area (Å²) in [4.78, 5) is 15.7. The maximum Gasteiger partial charge on any atom is 0.260 e. The van der Waals surface area contributed by atoms with Crippen LogP contribution < -0.4 is 10.1 Å². The number of amides is 1. The fraction of sp³-hybridized carbons (Fsp3) is 0.192. The van der Waals surface area contributed by atoms with Crippen molar-refractivity contribution in [3.05, 3.63) is 88.1 Å². The average molecular weight is 508 g/mol. The molecule has 5 rings (SSSR count). The molecule has 33 heavy (non-hydrogen) atoms. The summed E-state index contributed by atoms with van der Waals surface area (Å²) in [6.07, 6.45) is 0. The van der Waals surface area contributed by atoms with Gasteiger partial charge in [0.2, 0.25) is 5.88 Å². The van der Waals surface area contributed by atoms with Crippen LogP contribution in [0.3, 0.4) is 0 Å². The lowest BCUT2D eigenvalue weighted by atomic mass is 10.1. The summed E-state index contributed by atoms with van der Waals surface area (Å²) in [5.41, 5.74) is 2.94. The molecule has 1 amide bonds. The quantitative estimate of drug-likeness (QED) is 0.386. The highest BCUT2D eigenvalue weighted by Crippen LogP contribution is 2.40. The van der Waals surface area contributed by atoms with Crippen LogP contribution in [0.15, 0.2) is 71.2 Å². The Hall–Kier alpha value is -3.16. The van der Waals surface area contributed by atoms with Gasteiger partial charge in [-0.25, -0.2) is 4.39 Å². The number of hydrogen-bond donors (Lipinski definition) is 1. The number of nitrogens with one attached hydrogen (secondary N) is 1. The molecule has 3 aromatic carbocycles. The Morgan fingerprint density at radius 1 is 1.03 bits per heavy atom. The molecule has 1 aliphatic heterocycles. The molecule has 0 unspecified atom stereocenters. The lowest BCUT2D eigenvalue weighted by Gasteiger charge is -2.27. The number of hydrogen-bond acceptors (Lipinski definition) is 3. The largest absolute Gasteiger partial charge is 0.439 e. The molecule has 0 bridgehead atoms. The van der Waals surface area contributed by atoms with E-state index < -0.39 is 5.82 Å². The summed E-state index contributed by atoms with van der Waals surface area (Å²) in [6, 6.07) is 20.0. The van der Waals surface area contributed by atoms with Crippen molar-refractivity contribution in [3.8, 4) is 17.3 Å². The minimum atomic E-state index is -0.393. The van der Waals surface area contributed by atoms with Gasteiger partial charge in [-0.3, -0.25) is 9.36 Å². The number of fused-ring (bicyclic) bond motifs is 1. The highest BCUT2D eigenvalue weighted by atomic mass is 79.9. The molecule has 1 N–H and O–H groups in total. The minimum absolute atomic E-state index is 0.0949. The van der Waals surface area contributed by atoms with E-state index in [0.717, 1.165) is 39.7 Å². The fourth-order valence-corrected chi connectivity index (χ4v) is 4.54. The van der Waals surface area contributed by atoms with Gasteiger partial charge in [-0.2, -0.15) is 0 Å². The van der Waals surface area contributed by atoms with E-state index >= 15 is 0 Å². The number of carbonyl (C=O) groups is 1. The number of rotatable bonds is 4. The Balaban J connectivity index is 1.79. The van der Waals surface area contributed by atoms with Crippen molar-refractivity contribution in [1.29, 1.82) is 0 Å². The Morgan fingerprint density at radius 2 is 1.79 bits per heavy atom.